The highest BCUT2D eigenvalue weighted by Crippen LogP contribution is 2.26. The van der Waals surface area contributed by atoms with Crippen molar-refractivity contribution in [3.8, 4) is 5.75 Å². The van der Waals surface area contributed by atoms with E-state index < -0.39 is 0 Å². The van der Waals surface area contributed by atoms with E-state index in [0.717, 1.165) is 41.3 Å². The molecule has 0 radical (unpaired) electrons. The van der Waals surface area contributed by atoms with E-state index in [1.807, 2.05) is 36.5 Å². The largest absolute Gasteiger partial charge is 0.496 e. The second kappa shape index (κ2) is 6.03. The van der Waals surface area contributed by atoms with E-state index in [0.29, 0.717) is 0 Å². The lowest BCUT2D eigenvalue weighted by Crippen LogP contribution is -2.18. The molecule has 4 heteroatoms. The second-order valence-corrected chi connectivity index (χ2v) is 7.01. The summed E-state index contributed by atoms with van der Waals surface area (Å²) >= 11 is 0. The van der Waals surface area contributed by atoms with E-state index in [9.17, 15) is 0 Å². The van der Waals surface area contributed by atoms with Crippen LogP contribution in [0.2, 0.25) is 0 Å². The Morgan fingerprint density at radius 3 is 2.61 bits per heavy atom. The molecule has 0 unspecified atom stereocenters. The molecular formula is C19H23N3O. The predicted octanol–water partition coefficient (Wildman–Crippen LogP) is 4.08. The average Bonchev–Trinajstić information content (AvgIpc) is 2.84. The Morgan fingerprint density at radius 2 is 1.87 bits per heavy atom. The summed E-state index contributed by atoms with van der Waals surface area (Å²) in [5.41, 5.74) is 3.19. The van der Waals surface area contributed by atoms with Crippen molar-refractivity contribution in [2.45, 2.75) is 33.7 Å². The van der Waals surface area contributed by atoms with Crippen LogP contribution < -0.4 is 4.74 Å². The first-order chi connectivity index (χ1) is 11.0. The number of para-hydroxylation sites is 1. The summed E-state index contributed by atoms with van der Waals surface area (Å²) in [6, 6.07) is 12.1. The fourth-order valence-electron chi connectivity index (χ4n) is 2.80. The minimum absolute atomic E-state index is 0.153. The van der Waals surface area contributed by atoms with E-state index >= 15 is 0 Å². The average molecular weight is 309 g/mol. The molecule has 2 heterocycles. The second-order valence-electron chi connectivity index (χ2n) is 7.01. The summed E-state index contributed by atoms with van der Waals surface area (Å²) in [5, 5.41) is 0. The zero-order valence-corrected chi connectivity index (χ0v) is 14.2. The van der Waals surface area contributed by atoms with Crippen LogP contribution in [0.3, 0.4) is 0 Å². The number of methoxy groups -OCH3 is 1. The quantitative estimate of drug-likeness (QED) is 0.729. The minimum Gasteiger partial charge on any atom is -0.496 e. The molecule has 0 N–H and O–H groups in total. The van der Waals surface area contributed by atoms with E-state index in [1.165, 1.54) is 0 Å². The highest BCUT2D eigenvalue weighted by atomic mass is 16.5. The van der Waals surface area contributed by atoms with Crippen molar-refractivity contribution in [1.29, 1.82) is 0 Å². The molecule has 0 bridgehead atoms. The van der Waals surface area contributed by atoms with Gasteiger partial charge in [-0.05, 0) is 23.6 Å². The van der Waals surface area contributed by atoms with Gasteiger partial charge in [0.05, 0.1) is 7.11 Å². The third kappa shape index (κ3) is 3.36. The van der Waals surface area contributed by atoms with Crippen molar-refractivity contribution in [1.82, 2.24) is 14.5 Å². The summed E-state index contributed by atoms with van der Waals surface area (Å²) in [4.78, 5) is 9.35. The van der Waals surface area contributed by atoms with Crippen molar-refractivity contribution in [2.75, 3.05) is 7.11 Å². The van der Waals surface area contributed by atoms with E-state index in [2.05, 4.69) is 36.4 Å². The number of hydrogen-bond donors (Lipinski definition) is 0. The molecule has 0 spiro atoms. The number of imidazole rings is 1. The van der Waals surface area contributed by atoms with Crippen molar-refractivity contribution in [3.05, 3.63) is 54.0 Å². The zero-order chi connectivity index (χ0) is 16.4. The highest BCUT2D eigenvalue weighted by Gasteiger charge is 2.19. The third-order valence-corrected chi connectivity index (χ3v) is 3.76. The Morgan fingerprint density at radius 1 is 1.09 bits per heavy atom. The summed E-state index contributed by atoms with van der Waals surface area (Å²) in [7, 11) is 1.71. The Hall–Kier alpha value is -2.36. The van der Waals surface area contributed by atoms with Crippen LogP contribution in [-0.4, -0.2) is 21.6 Å². The molecule has 0 fully saturated rings. The molecule has 3 rings (SSSR count). The van der Waals surface area contributed by atoms with Crippen molar-refractivity contribution >= 4 is 11.2 Å². The van der Waals surface area contributed by atoms with Crippen LogP contribution in [0.5, 0.6) is 5.75 Å². The number of rotatable bonds is 4. The Kier molecular flexibility index (Phi) is 4.07. The first kappa shape index (κ1) is 15.5. The first-order valence-electron chi connectivity index (χ1n) is 7.90. The van der Waals surface area contributed by atoms with Crippen molar-refractivity contribution in [3.63, 3.8) is 0 Å². The molecular weight excluding hydrogens is 286 g/mol. The van der Waals surface area contributed by atoms with Gasteiger partial charge in [0.2, 0.25) is 0 Å². The molecule has 0 aliphatic heterocycles. The van der Waals surface area contributed by atoms with Crippen LogP contribution in [0, 0.1) is 5.41 Å². The summed E-state index contributed by atoms with van der Waals surface area (Å²) in [5.74, 6) is 1.92. The maximum absolute atomic E-state index is 5.48. The van der Waals surface area contributed by atoms with Crippen LogP contribution in [-0.2, 0) is 13.0 Å². The van der Waals surface area contributed by atoms with Gasteiger partial charge in [-0.15, -0.1) is 0 Å². The van der Waals surface area contributed by atoms with Gasteiger partial charge in [0.25, 0.3) is 0 Å². The standard InChI is InChI=1S/C19H23N3O/c1-19(2,3)13-22-17(21-15-9-7-11-20-18(15)22)12-14-8-5-6-10-16(14)23-4/h5-11H,12-13H2,1-4H3. The van der Waals surface area contributed by atoms with Gasteiger partial charge in [0.1, 0.15) is 17.1 Å². The predicted molar refractivity (Wildman–Crippen MR) is 92.8 cm³/mol. The van der Waals surface area contributed by atoms with Gasteiger partial charge in [0, 0.05) is 24.7 Å². The van der Waals surface area contributed by atoms with Gasteiger partial charge >= 0.3 is 0 Å². The first-order valence-corrected chi connectivity index (χ1v) is 7.90. The fourth-order valence-corrected chi connectivity index (χ4v) is 2.80. The lowest BCUT2D eigenvalue weighted by molar-refractivity contribution is 0.342. The highest BCUT2D eigenvalue weighted by molar-refractivity contribution is 5.71. The smallest absolute Gasteiger partial charge is 0.160 e. The maximum atomic E-state index is 5.48. The van der Waals surface area contributed by atoms with Gasteiger partial charge in [0.15, 0.2) is 5.65 Å². The molecule has 4 nitrogen and oxygen atoms in total. The Bertz CT molecular complexity index is 815. The number of aromatic nitrogens is 3. The Balaban J connectivity index is 2.07. The number of fused-ring (bicyclic) bond motifs is 1. The molecule has 23 heavy (non-hydrogen) atoms. The maximum Gasteiger partial charge on any atom is 0.160 e. The third-order valence-electron chi connectivity index (χ3n) is 3.76. The number of nitrogens with zero attached hydrogens (tertiary/aromatic N) is 3. The van der Waals surface area contributed by atoms with E-state index in [1.54, 1.807) is 7.11 Å². The van der Waals surface area contributed by atoms with Crippen LogP contribution >= 0.6 is 0 Å². The molecule has 120 valence electrons. The minimum atomic E-state index is 0.153. The molecule has 0 atom stereocenters. The summed E-state index contributed by atoms with van der Waals surface area (Å²) < 4.78 is 7.72. The molecule has 3 aromatic rings. The topological polar surface area (TPSA) is 39.9 Å². The molecule has 1 aromatic carbocycles. The number of benzene rings is 1. The zero-order valence-electron chi connectivity index (χ0n) is 14.2. The van der Waals surface area contributed by atoms with Gasteiger partial charge in [-0.3, -0.25) is 0 Å². The van der Waals surface area contributed by atoms with Crippen LogP contribution in [0.4, 0.5) is 0 Å². The number of ether oxygens (including phenoxy) is 1. The lowest BCUT2D eigenvalue weighted by Gasteiger charge is -2.21. The molecule has 0 aliphatic rings. The molecule has 0 amide bonds. The van der Waals surface area contributed by atoms with Crippen LogP contribution in [0.15, 0.2) is 42.6 Å². The molecule has 2 aromatic heterocycles. The molecule has 0 saturated heterocycles. The normalized spacial score (nSPS) is 11.8. The lowest BCUT2D eigenvalue weighted by atomic mass is 9.96. The van der Waals surface area contributed by atoms with Crippen molar-refractivity contribution in [2.24, 2.45) is 5.41 Å². The Labute approximate surface area is 137 Å². The monoisotopic (exact) mass is 309 g/mol. The summed E-state index contributed by atoms with van der Waals surface area (Å²) in [6.45, 7) is 7.57. The van der Waals surface area contributed by atoms with Crippen LogP contribution in [0.25, 0.3) is 11.2 Å². The van der Waals surface area contributed by atoms with E-state index in [4.69, 9.17) is 9.72 Å². The SMILES string of the molecule is COc1ccccc1Cc1nc2cccnc2n1CC(C)(C)C. The summed E-state index contributed by atoms with van der Waals surface area (Å²) in [6.07, 6.45) is 2.56. The van der Waals surface area contributed by atoms with Crippen LogP contribution in [0.1, 0.15) is 32.2 Å². The van der Waals surface area contributed by atoms with Gasteiger partial charge in [-0.1, -0.05) is 39.0 Å². The van der Waals surface area contributed by atoms with Gasteiger partial charge in [-0.2, -0.15) is 0 Å². The molecule has 0 saturated carbocycles. The molecule has 0 aliphatic carbocycles. The van der Waals surface area contributed by atoms with Gasteiger partial charge < -0.3 is 9.30 Å². The van der Waals surface area contributed by atoms with Gasteiger partial charge in [-0.25, -0.2) is 9.97 Å². The van der Waals surface area contributed by atoms with E-state index in [-0.39, 0.29) is 5.41 Å². The fraction of sp³-hybridized carbons (Fsp3) is 0.368. The number of hydrogen-bond acceptors (Lipinski definition) is 3. The number of pyridine rings is 1. The van der Waals surface area contributed by atoms with Crippen molar-refractivity contribution < 1.29 is 4.74 Å².